The molecule has 1 aliphatic carbocycles. The van der Waals surface area contributed by atoms with E-state index in [0.29, 0.717) is 12.1 Å². The van der Waals surface area contributed by atoms with Gasteiger partial charge < -0.3 is 5.32 Å². The van der Waals surface area contributed by atoms with E-state index in [2.05, 4.69) is 56.4 Å². The van der Waals surface area contributed by atoms with E-state index in [1.165, 1.54) is 41.7 Å². The Morgan fingerprint density at radius 3 is 2.62 bits per heavy atom. The molecule has 2 atom stereocenters. The first-order chi connectivity index (χ1) is 10.1. The average Bonchev–Trinajstić information content (AvgIpc) is 2.91. The number of fused-ring (bicyclic) bond motifs is 1. The van der Waals surface area contributed by atoms with Crippen molar-refractivity contribution in [2.75, 3.05) is 0 Å². The molecule has 1 aromatic heterocycles. The first-order valence-corrected chi connectivity index (χ1v) is 8.89. The van der Waals surface area contributed by atoms with E-state index in [9.17, 15) is 0 Å². The molecule has 0 aliphatic heterocycles. The summed E-state index contributed by atoms with van der Waals surface area (Å²) in [6.45, 7) is 6.72. The Morgan fingerprint density at radius 1 is 1.05 bits per heavy atom. The summed E-state index contributed by atoms with van der Waals surface area (Å²) in [5.74, 6) is 0. The molecule has 0 bridgehead atoms. The molecule has 3 rings (SSSR count). The molecule has 0 saturated carbocycles. The van der Waals surface area contributed by atoms with Gasteiger partial charge in [-0.1, -0.05) is 29.8 Å². The zero-order valence-electron chi connectivity index (χ0n) is 13.3. The van der Waals surface area contributed by atoms with Gasteiger partial charge in [0.15, 0.2) is 0 Å². The van der Waals surface area contributed by atoms with E-state index in [4.69, 9.17) is 0 Å². The number of rotatable bonds is 4. The highest BCUT2D eigenvalue weighted by Crippen LogP contribution is 2.33. The van der Waals surface area contributed by atoms with Crippen LogP contribution in [0.5, 0.6) is 0 Å². The Bertz CT molecular complexity index is 590. The Hall–Kier alpha value is -1.12. The minimum absolute atomic E-state index is 0.388. The van der Waals surface area contributed by atoms with Crippen LogP contribution in [0, 0.1) is 6.92 Å². The van der Waals surface area contributed by atoms with Crippen LogP contribution in [0.1, 0.15) is 65.2 Å². The Morgan fingerprint density at radius 2 is 1.86 bits per heavy atom. The second-order valence-electron chi connectivity index (χ2n) is 6.33. The molecule has 1 unspecified atom stereocenters. The summed E-state index contributed by atoms with van der Waals surface area (Å²) in [6, 6.07) is 12.1. The van der Waals surface area contributed by atoms with Gasteiger partial charge in [-0.2, -0.15) is 0 Å². The SMILES string of the molecule is Cc1cccc([C@H](C)NC(C)c2cc3c(s2)CCCC3)c1. The fourth-order valence-corrected chi connectivity index (χ4v) is 4.49. The third kappa shape index (κ3) is 3.38. The molecule has 0 fully saturated rings. The highest BCUT2D eigenvalue weighted by Gasteiger charge is 2.18. The Kier molecular flexibility index (Phi) is 4.46. The lowest BCUT2D eigenvalue weighted by atomic mass is 9.99. The lowest BCUT2D eigenvalue weighted by molar-refractivity contribution is 0.500. The first-order valence-electron chi connectivity index (χ1n) is 8.07. The molecule has 0 amide bonds. The van der Waals surface area contributed by atoms with Gasteiger partial charge in [0, 0.05) is 21.8 Å². The van der Waals surface area contributed by atoms with Crippen LogP contribution in [0.4, 0.5) is 0 Å². The molecule has 2 heteroatoms. The molecule has 0 saturated heterocycles. The summed E-state index contributed by atoms with van der Waals surface area (Å²) < 4.78 is 0. The molecule has 112 valence electrons. The van der Waals surface area contributed by atoms with Crippen LogP contribution in [-0.2, 0) is 12.8 Å². The third-order valence-corrected chi connectivity index (χ3v) is 5.90. The zero-order chi connectivity index (χ0) is 14.8. The van der Waals surface area contributed by atoms with Gasteiger partial charge in [0.1, 0.15) is 0 Å². The van der Waals surface area contributed by atoms with E-state index >= 15 is 0 Å². The van der Waals surface area contributed by atoms with E-state index in [-0.39, 0.29) is 0 Å². The van der Waals surface area contributed by atoms with Crippen LogP contribution >= 0.6 is 11.3 Å². The summed E-state index contributed by atoms with van der Waals surface area (Å²) >= 11 is 2.02. The standard InChI is InChI=1S/C19H25NS/c1-13-7-6-9-16(11-13)14(2)20-15(3)19-12-17-8-4-5-10-18(17)21-19/h6-7,9,11-12,14-15,20H,4-5,8,10H2,1-3H3/t14-,15?/m0/s1. The van der Waals surface area contributed by atoms with Gasteiger partial charge in [-0.25, -0.2) is 0 Å². The predicted molar refractivity (Wildman–Crippen MR) is 92.1 cm³/mol. The molecular weight excluding hydrogens is 274 g/mol. The molecule has 2 aromatic rings. The van der Waals surface area contributed by atoms with Crippen molar-refractivity contribution in [3.63, 3.8) is 0 Å². The van der Waals surface area contributed by atoms with Gasteiger partial charge in [-0.05, 0) is 63.6 Å². The first kappa shape index (κ1) is 14.8. The highest BCUT2D eigenvalue weighted by atomic mass is 32.1. The minimum Gasteiger partial charge on any atom is -0.303 e. The van der Waals surface area contributed by atoms with E-state index in [1.54, 1.807) is 10.4 Å². The van der Waals surface area contributed by atoms with Crippen molar-refractivity contribution in [1.82, 2.24) is 5.32 Å². The normalized spacial score (nSPS) is 17.3. The highest BCUT2D eigenvalue weighted by molar-refractivity contribution is 7.12. The summed E-state index contributed by atoms with van der Waals surface area (Å²) in [6.07, 6.45) is 5.31. The minimum atomic E-state index is 0.388. The Labute approximate surface area is 132 Å². The Balaban J connectivity index is 1.70. The lowest BCUT2D eigenvalue weighted by Gasteiger charge is -2.20. The van der Waals surface area contributed by atoms with Crippen LogP contribution in [0.3, 0.4) is 0 Å². The molecule has 1 aromatic carbocycles. The van der Waals surface area contributed by atoms with E-state index in [1.807, 2.05) is 11.3 Å². The number of aryl methyl sites for hydroxylation is 3. The fourth-order valence-electron chi connectivity index (χ4n) is 3.22. The van der Waals surface area contributed by atoms with Crippen molar-refractivity contribution in [2.45, 2.75) is 58.5 Å². The number of hydrogen-bond donors (Lipinski definition) is 1. The van der Waals surface area contributed by atoms with Crippen molar-refractivity contribution < 1.29 is 0 Å². The van der Waals surface area contributed by atoms with Crippen molar-refractivity contribution >= 4 is 11.3 Å². The van der Waals surface area contributed by atoms with Crippen LogP contribution in [0.25, 0.3) is 0 Å². The molecule has 1 aliphatic rings. The number of benzene rings is 1. The van der Waals surface area contributed by atoms with Crippen molar-refractivity contribution in [1.29, 1.82) is 0 Å². The lowest BCUT2D eigenvalue weighted by Crippen LogP contribution is -2.21. The molecule has 1 heterocycles. The van der Waals surface area contributed by atoms with Gasteiger partial charge in [-0.15, -0.1) is 11.3 Å². The van der Waals surface area contributed by atoms with Gasteiger partial charge in [0.05, 0.1) is 0 Å². The van der Waals surface area contributed by atoms with Crippen LogP contribution in [-0.4, -0.2) is 0 Å². The third-order valence-electron chi connectivity index (χ3n) is 4.48. The maximum Gasteiger partial charge on any atom is 0.0391 e. The molecular formula is C19H25NS. The fraction of sp³-hybridized carbons (Fsp3) is 0.474. The molecule has 0 radical (unpaired) electrons. The average molecular weight is 299 g/mol. The topological polar surface area (TPSA) is 12.0 Å². The van der Waals surface area contributed by atoms with Crippen molar-refractivity contribution in [2.24, 2.45) is 0 Å². The maximum absolute atomic E-state index is 3.76. The summed E-state index contributed by atoms with van der Waals surface area (Å²) in [5.41, 5.74) is 4.32. The maximum atomic E-state index is 3.76. The van der Waals surface area contributed by atoms with Crippen LogP contribution in [0.2, 0.25) is 0 Å². The van der Waals surface area contributed by atoms with Gasteiger partial charge in [-0.3, -0.25) is 0 Å². The number of thiophene rings is 1. The molecule has 1 N–H and O–H groups in total. The smallest absolute Gasteiger partial charge is 0.0391 e. The molecule has 1 nitrogen and oxygen atoms in total. The number of nitrogens with one attached hydrogen (secondary N) is 1. The summed E-state index contributed by atoms with van der Waals surface area (Å²) in [5, 5.41) is 3.76. The van der Waals surface area contributed by atoms with Crippen LogP contribution in [0.15, 0.2) is 30.3 Å². The summed E-state index contributed by atoms with van der Waals surface area (Å²) in [4.78, 5) is 3.13. The van der Waals surface area contributed by atoms with Gasteiger partial charge in [0.25, 0.3) is 0 Å². The van der Waals surface area contributed by atoms with Gasteiger partial charge in [0.2, 0.25) is 0 Å². The largest absolute Gasteiger partial charge is 0.303 e. The molecule has 21 heavy (non-hydrogen) atoms. The predicted octanol–water partition coefficient (Wildman–Crippen LogP) is 5.35. The second-order valence-corrected chi connectivity index (χ2v) is 7.50. The molecule has 0 spiro atoms. The zero-order valence-corrected chi connectivity index (χ0v) is 14.1. The van der Waals surface area contributed by atoms with Crippen molar-refractivity contribution in [3.8, 4) is 0 Å². The monoisotopic (exact) mass is 299 g/mol. The van der Waals surface area contributed by atoms with Gasteiger partial charge >= 0.3 is 0 Å². The summed E-state index contributed by atoms with van der Waals surface area (Å²) in [7, 11) is 0. The number of hydrogen-bond acceptors (Lipinski definition) is 2. The van der Waals surface area contributed by atoms with Crippen molar-refractivity contribution in [3.05, 3.63) is 56.8 Å². The second kappa shape index (κ2) is 6.33. The van der Waals surface area contributed by atoms with E-state index in [0.717, 1.165) is 0 Å². The van der Waals surface area contributed by atoms with E-state index < -0.39 is 0 Å². The quantitative estimate of drug-likeness (QED) is 0.802. The van der Waals surface area contributed by atoms with Crippen LogP contribution < -0.4 is 5.32 Å².